The first-order valence-electron chi connectivity index (χ1n) is 10.2. The molecule has 3 aromatic rings. The highest BCUT2D eigenvalue weighted by Gasteiger charge is 2.45. The number of para-hydroxylation sites is 1. The van der Waals surface area contributed by atoms with Crippen molar-refractivity contribution in [2.45, 2.75) is 23.5 Å². The lowest BCUT2D eigenvalue weighted by molar-refractivity contribution is -0.144. The number of halogens is 2. The number of hydrogen-bond acceptors (Lipinski definition) is 5. The zero-order chi connectivity index (χ0) is 23.6. The molecule has 172 valence electrons. The average Bonchev–Trinajstić information content (AvgIpc) is 3.25. The zero-order valence-electron chi connectivity index (χ0n) is 17.6. The molecule has 1 aliphatic rings. The summed E-state index contributed by atoms with van der Waals surface area (Å²) >= 11 is 0. The molecule has 0 amide bonds. The highest BCUT2D eigenvalue weighted by Crippen LogP contribution is 2.31. The normalized spacial score (nSPS) is 18.8. The fraction of sp³-hybridized carbons (Fsp3) is 0.208. The van der Waals surface area contributed by atoms with Crippen LogP contribution in [0.25, 0.3) is 11.1 Å². The van der Waals surface area contributed by atoms with E-state index in [1.807, 2.05) is 0 Å². The van der Waals surface area contributed by atoms with Crippen LogP contribution in [0, 0.1) is 11.6 Å². The summed E-state index contributed by atoms with van der Waals surface area (Å²) in [6, 6.07) is 16.6. The molecule has 2 atom stereocenters. The highest BCUT2D eigenvalue weighted by atomic mass is 32.2. The summed E-state index contributed by atoms with van der Waals surface area (Å²) in [6.45, 7) is -0.143. The molecule has 9 heteroatoms. The Morgan fingerprint density at radius 3 is 2.15 bits per heavy atom. The van der Waals surface area contributed by atoms with Gasteiger partial charge in [-0.3, -0.25) is 4.79 Å². The van der Waals surface area contributed by atoms with Crippen molar-refractivity contribution in [2.24, 2.45) is 0 Å². The molecule has 1 saturated heterocycles. The van der Waals surface area contributed by atoms with Gasteiger partial charge in [0.05, 0.1) is 18.6 Å². The van der Waals surface area contributed by atoms with Crippen LogP contribution >= 0.6 is 0 Å². The minimum Gasteiger partial charge on any atom is -0.486 e. The van der Waals surface area contributed by atoms with Gasteiger partial charge in [0.1, 0.15) is 18.0 Å². The van der Waals surface area contributed by atoms with Gasteiger partial charge in [0.15, 0.2) is 11.6 Å². The molecule has 1 heterocycles. The maximum absolute atomic E-state index is 14.0. The molecule has 0 aliphatic carbocycles. The second-order valence-electron chi connectivity index (χ2n) is 7.55. The van der Waals surface area contributed by atoms with Gasteiger partial charge in [0.2, 0.25) is 10.0 Å². The number of carbonyl (C=O) groups is 1. The predicted molar refractivity (Wildman–Crippen MR) is 117 cm³/mol. The van der Waals surface area contributed by atoms with Crippen molar-refractivity contribution in [3.8, 4) is 16.9 Å². The van der Waals surface area contributed by atoms with E-state index in [-0.39, 0.29) is 29.4 Å². The van der Waals surface area contributed by atoms with E-state index in [1.165, 1.54) is 49.6 Å². The van der Waals surface area contributed by atoms with Crippen molar-refractivity contribution >= 4 is 16.0 Å². The van der Waals surface area contributed by atoms with Crippen LogP contribution in [-0.2, 0) is 19.6 Å². The number of methoxy groups -OCH3 is 1. The monoisotopic (exact) mass is 473 g/mol. The van der Waals surface area contributed by atoms with Crippen LogP contribution < -0.4 is 4.74 Å². The maximum atomic E-state index is 14.0. The standard InChI is InChI=1S/C24H21F2NO5S/c1-31-24(28)22-14-19(32-23-5-3-2-4-21(23)26)15-27(22)33(29,30)20-12-8-17(9-13-20)16-6-10-18(25)11-7-16/h2-13,19,22H,14-15H2,1H3. The molecular formula is C24H21F2NO5S. The van der Waals surface area contributed by atoms with Gasteiger partial charge in [0, 0.05) is 6.42 Å². The summed E-state index contributed by atoms with van der Waals surface area (Å²) in [5, 5.41) is 0. The number of hydrogen-bond donors (Lipinski definition) is 0. The van der Waals surface area contributed by atoms with Crippen molar-refractivity contribution in [1.29, 1.82) is 0 Å². The number of carbonyl (C=O) groups excluding carboxylic acids is 1. The third-order valence-corrected chi connectivity index (χ3v) is 7.35. The Morgan fingerprint density at radius 1 is 0.939 bits per heavy atom. The number of esters is 1. The Hall–Kier alpha value is -3.30. The fourth-order valence-electron chi connectivity index (χ4n) is 3.79. The van der Waals surface area contributed by atoms with Crippen molar-refractivity contribution in [2.75, 3.05) is 13.7 Å². The van der Waals surface area contributed by atoms with Gasteiger partial charge >= 0.3 is 5.97 Å². The van der Waals surface area contributed by atoms with E-state index in [4.69, 9.17) is 9.47 Å². The van der Waals surface area contributed by atoms with E-state index >= 15 is 0 Å². The van der Waals surface area contributed by atoms with Crippen LogP contribution in [0.1, 0.15) is 6.42 Å². The van der Waals surface area contributed by atoms with E-state index in [2.05, 4.69) is 0 Å². The molecule has 6 nitrogen and oxygen atoms in total. The van der Waals surface area contributed by atoms with Gasteiger partial charge in [-0.1, -0.05) is 36.4 Å². The Morgan fingerprint density at radius 2 is 1.55 bits per heavy atom. The molecule has 0 saturated carbocycles. The Balaban J connectivity index is 1.59. The third kappa shape index (κ3) is 4.74. The summed E-state index contributed by atoms with van der Waals surface area (Å²) in [6.07, 6.45) is -0.715. The lowest BCUT2D eigenvalue weighted by Gasteiger charge is -2.22. The summed E-state index contributed by atoms with van der Waals surface area (Å²) in [7, 11) is -2.91. The second-order valence-corrected chi connectivity index (χ2v) is 9.44. The quantitative estimate of drug-likeness (QED) is 0.506. The largest absolute Gasteiger partial charge is 0.486 e. The topological polar surface area (TPSA) is 72.9 Å². The summed E-state index contributed by atoms with van der Waals surface area (Å²) in [4.78, 5) is 12.3. The van der Waals surface area contributed by atoms with Crippen LogP contribution in [0.15, 0.2) is 77.7 Å². The minimum atomic E-state index is -4.09. The molecule has 0 spiro atoms. The van der Waals surface area contributed by atoms with E-state index < -0.39 is 34.0 Å². The summed E-state index contributed by atoms with van der Waals surface area (Å²) in [5.74, 6) is -1.69. The SMILES string of the molecule is COC(=O)C1CC(Oc2ccccc2F)CN1S(=O)(=O)c1ccc(-c2ccc(F)cc2)cc1. The molecule has 1 fully saturated rings. The van der Waals surface area contributed by atoms with E-state index in [9.17, 15) is 22.0 Å². The lowest BCUT2D eigenvalue weighted by Crippen LogP contribution is -2.41. The van der Waals surface area contributed by atoms with Gasteiger partial charge in [-0.15, -0.1) is 0 Å². The second kappa shape index (κ2) is 9.29. The molecule has 4 rings (SSSR count). The molecule has 33 heavy (non-hydrogen) atoms. The zero-order valence-corrected chi connectivity index (χ0v) is 18.5. The molecule has 0 aromatic heterocycles. The molecule has 0 radical (unpaired) electrons. The Bertz CT molecular complexity index is 1250. The lowest BCUT2D eigenvalue weighted by atomic mass is 10.1. The van der Waals surface area contributed by atoms with Crippen LogP contribution in [0.4, 0.5) is 8.78 Å². The third-order valence-electron chi connectivity index (χ3n) is 5.46. The van der Waals surface area contributed by atoms with Crippen LogP contribution in [0.2, 0.25) is 0 Å². The number of benzene rings is 3. The predicted octanol–water partition coefficient (Wildman–Crippen LogP) is 4.02. The highest BCUT2D eigenvalue weighted by molar-refractivity contribution is 7.89. The minimum absolute atomic E-state index is 0.0194. The first kappa shape index (κ1) is 22.9. The van der Waals surface area contributed by atoms with E-state index in [1.54, 1.807) is 30.3 Å². The number of rotatable bonds is 6. The van der Waals surface area contributed by atoms with Crippen molar-refractivity contribution < 1.29 is 31.5 Å². The van der Waals surface area contributed by atoms with Crippen LogP contribution in [0.3, 0.4) is 0 Å². The first-order valence-corrected chi connectivity index (χ1v) is 11.6. The first-order chi connectivity index (χ1) is 15.8. The maximum Gasteiger partial charge on any atom is 0.324 e. The van der Waals surface area contributed by atoms with Crippen molar-refractivity contribution in [3.63, 3.8) is 0 Å². The van der Waals surface area contributed by atoms with Gasteiger partial charge < -0.3 is 9.47 Å². The Kier molecular flexibility index (Phi) is 6.44. The molecule has 0 bridgehead atoms. The van der Waals surface area contributed by atoms with Gasteiger partial charge in [-0.05, 0) is 47.5 Å². The molecule has 0 N–H and O–H groups in total. The van der Waals surface area contributed by atoms with Gasteiger partial charge in [-0.25, -0.2) is 17.2 Å². The molecule has 3 aromatic carbocycles. The Labute approximate surface area is 190 Å². The average molecular weight is 473 g/mol. The van der Waals surface area contributed by atoms with Gasteiger partial charge in [0.25, 0.3) is 0 Å². The molecular weight excluding hydrogens is 452 g/mol. The number of ether oxygens (including phenoxy) is 2. The fourth-order valence-corrected chi connectivity index (χ4v) is 5.41. The molecule has 1 aliphatic heterocycles. The van der Waals surface area contributed by atoms with Crippen molar-refractivity contribution in [1.82, 2.24) is 4.31 Å². The summed E-state index contributed by atoms with van der Waals surface area (Å²) in [5.41, 5.74) is 1.44. The van der Waals surface area contributed by atoms with Gasteiger partial charge in [-0.2, -0.15) is 4.31 Å². The summed E-state index contributed by atoms with van der Waals surface area (Å²) < 4.78 is 65.4. The van der Waals surface area contributed by atoms with E-state index in [0.717, 1.165) is 9.87 Å². The van der Waals surface area contributed by atoms with Crippen LogP contribution in [-0.4, -0.2) is 44.5 Å². The number of sulfonamides is 1. The smallest absolute Gasteiger partial charge is 0.324 e. The number of nitrogens with zero attached hydrogens (tertiary/aromatic N) is 1. The van der Waals surface area contributed by atoms with Crippen molar-refractivity contribution in [3.05, 3.63) is 84.4 Å². The van der Waals surface area contributed by atoms with Crippen LogP contribution in [0.5, 0.6) is 5.75 Å². The van der Waals surface area contributed by atoms with E-state index in [0.29, 0.717) is 5.56 Å². The molecule has 2 unspecified atom stereocenters.